The lowest BCUT2D eigenvalue weighted by Gasteiger charge is -2.14. The van der Waals surface area contributed by atoms with Crippen molar-refractivity contribution in [2.75, 3.05) is 14.2 Å². The van der Waals surface area contributed by atoms with E-state index in [2.05, 4.69) is 15.0 Å². The first-order valence-electron chi connectivity index (χ1n) is 14.6. The normalized spacial score (nSPS) is 11.7. The minimum atomic E-state index is -1.33. The second-order valence-electron chi connectivity index (χ2n) is 10.8. The first kappa shape index (κ1) is 30.6. The molecule has 1 unspecified atom stereocenters. The average Bonchev–Trinajstić information content (AvgIpc) is 3.51. The standard InChI is InChI=1S/C20H14O2.C17H19N3O3S/c21-17-11-9-13-5-1-3-7-15(13)19(17)20-16-8-4-2-6-14(16)10-12-18(20)22;1-10-8-18-15(11(2)16(10)23-4)9-24(21)17-19-13-6-5-12(22-3)7-14(13)20-17/h1-12,21-22H;5-8H,9H2,1-4H3,(H,19,20). The highest BCUT2D eigenvalue weighted by molar-refractivity contribution is 7.84. The van der Waals surface area contributed by atoms with Gasteiger partial charge in [0.25, 0.3) is 0 Å². The summed E-state index contributed by atoms with van der Waals surface area (Å²) in [5.74, 6) is 2.13. The van der Waals surface area contributed by atoms with Crippen LogP contribution in [0.15, 0.2) is 102 Å². The van der Waals surface area contributed by atoms with Crippen molar-refractivity contribution in [2.24, 2.45) is 0 Å². The van der Waals surface area contributed by atoms with Gasteiger partial charge in [-0.3, -0.25) is 9.19 Å². The van der Waals surface area contributed by atoms with E-state index in [0.29, 0.717) is 16.3 Å². The molecule has 2 heterocycles. The second kappa shape index (κ2) is 12.9. The molecule has 7 aromatic rings. The highest BCUT2D eigenvalue weighted by atomic mass is 32.2. The minimum absolute atomic E-state index is 0.172. The van der Waals surface area contributed by atoms with Crippen LogP contribution in [-0.4, -0.2) is 43.6 Å². The van der Waals surface area contributed by atoms with Crippen LogP contribution >= 0.6 is 0 Å². The second-order valence-corrected chi connectivity index (χ2v) is 12.2. The minimum Gasteiger partial charge on any atom is -0.507 e. The van der Waals surface area contributed by atoms with Crippen molar-refractivity contribution in [3.05, 3.63) is 114 Å². The maximum absolute atomic E-state index is 12.7. The Bertz CT molecular complexity index is 2160. The molecule has 0 aliphatic carbocycles. The summed E-state index contributed by atoms with van der Waals surface area (Å²) in [5.41, 5.74) is 5.51. The molecule has 0 saturated carbocycles. The van der Waals surface area contributed by atoms with Crippen molar-refractivity contribution >= 4 is 43.4 Å². The lowest BCUT2D eigenvalue weighted by atomic mass is 9.92. The third-order valence-electron chi connectivity index (χ3n) is 7.96. The van der Waals surface area contributed by atoms with E-state index in [4.69, 9.17) is 9.47 Å². The van der Waals surface area contributed by atoms with Crippen LogP contribution in [0.4, 0.5) is 0 Å². The smallest absolute Gasteiger partial charge is 0.197 e. The van der Waals surface area contributed by atoms with Crippen molar-refractivity contribution in [1.82, 2.24) is 15.0 Å². The summed E-state index contributed by atoms with van der Waals surface area (Å²) in [5, 5.41) is 25.2. The maximum atomic E-state index is 12.7. The van der Waals surface area contributed by atoms with Crippen LogP contribution < -0.4 is 9.47 Å². The van der Waals surface area contributed by atoms with E-state index in [1.807, 2.05) is 92.7 Å². The van der Waals surface area contributed by atoms with Crippen molar-refractivity contribution < 1.29 is 23.9 Å². The van der Waals surface area contributed by atoms with Crippen LogP contribution in [0.2, 0.25) is 0 Å². The first-order valence-corrected chi connectivity index (χ1v) is 15.9. The van der Waals surface area contributed by atoms with Gasteiger partial charge in [0.2, 0.25) is 0 Å². The van der Waals surface area contributed by atoms with E-state index in [0.717, 1.165) is 60.9 Å². The number of benzene rings is 5. The fraction of sp³-hybridized carbons (Fsp3) is 0.135. The number of rotatable bonds is 6. The summed E-state index contributed by atoms with van der Waals surface area (Å²) in [6.07, 6.45) is 1.74. The number of aromatic hydroxyl groups is 2. The molecule has 0 saturated heterocycles. The number of imidazole rings is 1. The maximum Gasteiger partial charge on any atom is 0.197 e. The zero-order valence-electron chi connectivity index (χ0n) is 25.9. The molecule has 7 rings (SSSR count). The topological polar surface area (TPSA) is 118 Å². The number of pyridine rings is 1. The molecule has 8 nitrogen and oxygen atoms in total. The van der Waals surface area contributed by atoms with Crippen LogP contribution in [0.5, 0.6) is 23.0 Å². The highest BCUT2D eigenvalue weighted by Crippen LogP contribution is 2.44. The van der Waals surface area contributed by atoms with Crippen molar-refractivity contribution in [3.63, 3.8) is 0 Å². The van der Waals surface area contributed by atoms with Gasteiger partial charge in [-0.25, -0.2) is 4.98 Å². The van der Waals surface area contributed by atoms with Crippen molar-refractivity contribution in [3.8, 4) is 34.1 Å². The van der Waals surface area contributed by atoms with Gasteiger partial charge >= 0.3 is 0 Å². The quantitative estimate of drug-likeness (QED) is 0.170. The number of nitrogens with one attached hydrogen (secondary N) is 1. The summed E-state index contributed by atoms with van der Waals surface area (Å²) in [7, 11) is 1.91. The van der Waals surface area contributed by atoms with Gasteiger partial charge in [0.1, 0.15) is 23.0 Å². The number of ether oxygens (including phenoxy) is 2. The molecule has 2 aromatic heterocycles. The van der Waals surface area contributed by atoms with Crippen LogP contribution in [0.3, 0.4) is 0 Å². The molecule has 5 aromatic carbocycles. The molecular formula is C37H33N3O5S. The Morgan fingerprint density at radius 2 is 1.39 bits per heavy atom. The van der Waals surface area contributed by atoms with Crippen LogP contribution in [-0.2, 0) is 16.6 Å². The zero-order chi connectivity index (χ0) is 32.4. The molecule has 0 bridgehead atoms. The SMILES string of the molecule is COc1ccc2nc(S(=O)Cc3ncc(C)c(OC)c3C)[nH]c2c1.Oc1ccc2ccccc2c1-c1c(O)ccc2ccccc12. The fourth-order valence-electron chi connectivity index (χ4n) is 5.65. The monoisotopic (exact) mass is 631 g/mol. The first-order chi connectivity index (χ1) is 22.3. The lowest BCUT2D eigenvalue weighted by Crippen LogP contribution is -2.05. The third-order valence-corrected chi connectivity index (χ3v) is 9.12. The van der Waals surface area contributed by atoms with Gasteiger partial charge in [-0.15, -0.1) is 0 Å². The van der Waals surface area contributed by atoms with Gasteiger partial charge in [-0.05, 0) is 59.7 Å². The predicted molar refractivity (Wildman–Crippen MR) is 183 cm³/mol. The number of aromatic nitrogens is 3. The summed E-state index contributed by atoms with van der Waals surface area (Å²) >= 11 is 0. The molecule has 0 spiro atoms. The third kappa shape index (κ3) is 5.84. The van der Waals surface area contributed by atoms with E-state index in [1.54, 1.807) is 32.5 Å². The molecule has 0 radical (unpaired) electrons. The Morgan fingerprint density at radius 3 is 1.98 bits per heavy atom. The molecule has 1 atom stereocenters. The average molecular weight is 632 g/mol. The molecular weight excluding hydrogens is 598 g/mol. The van der Waals surface area contributed by atoms with E-state index < -0.39 is 10.8 Å². The molecule has 0 aliphatic heterocycles. The Hall–Kier alpha value is -5.41. The number of aromatic amines is 1. The number of fused-ring (bicyclic) bond motifs is 3. The highest BCUT2D eigenvalue weighted by Gasteiger charge is 2.17. The lowest BCUT2D eigenvalue weighted by molar-refractivity contribution is 0.407. The molecule has 0 amide bonds. The van der Waals surface area contributed by atoms with E-state index in [1.165, 1.54) is 0 Å². The number of hydrogen-bond acceptors (Lipinski definition) is 7. The van der Waals surface area contributed by atoms with Gasteiger partial charge in [0.15, 0.2) is 5.16 Å². The van der Waals surface area contributed by atoms with Gasteiger partial charge in [0, 0.05) is 34.5 Å². The number of phenolic OH excluding ortho intramolecular Hbond substituents is 2. The largest absolute Gasteiger partial charge is 0.507 e. The summed E-state index contributed by atoms with van der Waals surface area (Å²) in [6.45, 7) is 3.86. The summed E-state index contributed by atoms with van der Waals surface area (Å²) in [4.78, 5) is 11.9. The Kier molecular flexibility index (Phi) is 8.59. The molecule has 232 valence electrons. The van der Waals surface area contributed by atoms with E-state index in [-0.39, 0.29) is 17.3 Å². The number of hydrogen-bond donors (Lipinski definition) is 3. The number of nitrogens with zero attached hydrogens (tertiary/aromatic N) is 2. The molecule has 0 fully saturated rings. The molecule has 3 N–H and O–H groups in total. The van der Waals surface area contributed by atoms with E-state index >= 15 is 0 Å². The Balaban J connectivity index is 0.000000162. The van der Waals surface area contributed by atoms with Crippen LogP contribution in [0, 0.1) is 13.8 Å². The number of aryl methyl sites for hydroxylation is 1. The van der Waals surface area contributed by atoms with Gasteiger partial charge in [-0.2, -0.15) is 0 Å². The summed E-state index contributed by atoms with van der Waals surface area (Å²) < 4.78 is 23.3. The number of phenols is 2. The van der Waals surface area contributed by atoms with Crippen molar-refractivity contribution in [1.29, 1.82) is 0 Å². The van der Waals surface area contributed by atoms with Gasteiger partial charge < -0.3 is 24.7 Å². The number of H-pyrrole nitrogens is 1. The Labute approximate surface area is 268 Å². The van der Waals surface area contributed by atoms with Crippen LogP contribution in [0.25, 0.3) is 43.7 Å². The van der Waals surface area contributed by atoms with Crippen molar-refractivity contribution in [2.45, 2.75) is 24.8 Å². The van der Waals surface area contributed by atoms with Crippen LogP contribution in [0.1, 0.15) is 16.8 Å². The van der Waals surface area contributed by atoms with Gasteiger partial charge in [-0.1, -0.05) is 60.7 Å². The molecule has 9 heteroatoms. The van der Waals surface area contributed by atoms with Gasteiger partial charge in [0.05, 0.1) is 47.5 Å². The zero-order valence-corrected chi connectivity index (χ0v) is 26.7. The number of methoxy groups -OCH3 is 2. The predicted octanol–water partition coefficient (Wildman–Crippen LogP) is 7.97. The summed E-state index contributed by atoms with van der Waals surface area (Å²) in [6, 6.07) is 28.4. The molecule has 46 heavy (non-hydrogen) atoms. The molecule has 0 aliphatic rings. The Morgan fingerprint density at radius 1 is 0.783 bits per heavy atom. The van der Waals surface area contributed by atoms with E-state index in [9.17, 15) is 14.4 Å². The fourth-order valence-corrected chi connectivity index (χ4v) is 6.75.